The van der Waals surface area contributed by atoms with E-state index < -0.39 is 0 Å². The second-order valence-corrected chi connectivity index (χ2v) is 8.25. The number of methoxy groups -OCH3 is 1. The van der Waals surface area contributed by atoms with Gasteiger partial charge in [0.2, 0.25) is 0 Å². The molecule has 4 heterocycles. The van der Waals surface area contributed by atoms with Gasteiger partial charge in [0, 0.05) is 57.6 Å². The molecule has 1 aromatic carbocycles. The fraction of sp³-hybridized carbons (Fsp3) is 0.417. The maximum absolute atomic E-state index is 12.1. The topological polar surface area (TPSA) is 69.6 Å². The van der Waals surface area contributed by atoms with Crippen molar-refractivity contribution in [2.75, 3.05) is 57.9 Å². The Morgan fingerprint density at radius 2 is 2.00 bits per heavy atom. The van der Waals surface area contributed by atoms with Crippen molar-refractivity contribution >= 4 is 17.7 Å². The smallest absolute Gasteiger partial charge is 0.188 e. The molecule has 1 N–H and O–H groups in total. The second-order valence-electron chi connectivity index (χ2n) is 8.25. The monoisotopic (exact) mass is 435 g/mol. The third-order valence-electron chi connectivity index (χ3n) is 6.25. The van der Waals surface area contributed by atoms with Gasteiger partial charge in [-0.25, -0.2) is 4.99 Å². The van der Waals surface area contributed by atoms with Gasteiger partial charge in [-0.3, -0.25) is 9.69 Å². The molecule has 0 bridgehead atoms. The molecule has 1 saturated heterocycles. The number of Topliss-reactive ketones (excluding diaryl/α,β-unsaturated/α-hetero) is 1. The number of ketones is 1. The minimum absolute atomic E-state index is 0.0745. The summed E-state index contributed by atoms with van der Waals surface area (Å²) in [5, 5.41) is 3.09. The number of fused-ring (bicyclic) bond motifs is 2. The first-order chi connectivity index (χ1) is 15.7. The largest absolute Gasteiger partial charge is 0.496 e. The predicted octanol–water partition coefficient (Wildman–Crippen LogP) is 2.08. The Balaban J connectivity index is 1.05. The van der Waals surface area contributed by atoms with Crippen LogP contribution < -0.4 is 15.0 Å². The molecular formula is C24H29N5O3. The SMILES string of the molecule is COc1ccccc1N1CCN(CCCOC2=CC3=CNC4=C(N=CCC4=O)N3C2)CC1. The molecule has 8 nitrogen and oxygen atoms in total. The van der Waals surface area contributed by atoms with Gasteiger partial charge in [-0.15, -0.1) is 0 Å². The van der Waals surface area contributed by atoms with Gasteiger partial charge in [0.05, 0.1) is 31.6 Å². The van der Waals surface area contributed by atoms with Gasteiger partial charge in [0.1, 0.15) is 17.2 Å². The lowest BCUT2D eigenvalue weighted by atomic mass is 10.1. The number of nitrogens with one attached hydrogen (secondary N) is 1. The van der Waals surface area contributed by atoms with E-state index in [2.05, 4.69) is 32.2 Å². The molecule has 0 radical (unpaired) electrons. The number of benzene rings is 1. The van der Waals surface area contributed by atoms with Crippen molar-refractivity contribution in [2.45, 2.75) is 12.8 Å². The molecule has 1 aromatic rings. The number of hydrogen-bond acceptors (Lipinski definition) is 8. The molecule has 0 saturated carbocycles. The Morgan fingerprint density at radius 3 is 2.84 bits per heavy atom. The third kappa shape index (κ3) is 4.10. The number of aliphatic imine (C=N–C) groups is 1. The van der Waals surface area contributed by atoms with E-state index >= 15 is 0 Å². The number of rotatable bonds is 7. The maximum Gasteiger partial charge on any atom is 0.188 e. The standard InChI is InChI=1S/C24H29N5O3/c1-31-22-6-3-2-5-20(22)28-12-10-27(11-13-28)9-4-14-32-19-15-18-16-26-23-21(30)7-8-25-24(23)29(18)17-19/h2-3,5-6,8,15-16,26H,4,7,9-14,17H2,1H3. The lowest BCUT2D eigenvalue weighted by Gasteiger charge is -2.36. The van der Waals surface area contributed by atoms with Crippen LogP contribution in [0.2, 0.25) is 0 Å². The van der Waals surface area contributed by atoms with Gasteiger partial charge in [-0.1, -0.05) is 12.1 Å². The minimum atomic E-state index is 0.0745. The molecule has 0 aromatic heterocycles. The Morgan fingerprint density at radius 1 is 1.16 bits per heavy atom. The van der Waals surface area contributed by atoms with Crippen molar-refractivity contribution in [1.82, 2.24) is 15.1 Å². The van der Waals surface area contributed by atoms with Crippen LogP contribution in [0.1, 0.15) is 12.8 Å². The summed E-state index contributed by atoms with van der Waals surface area (Å²) in [7, 11) is 1.73. The van der Waals surface area contributed by atoms with Gasteiger partial charge in [0.15, 0.2) is 11.6 Å². The highest BCUT2D eigenvalue weighted by Crippen LogP contribution is 2.31. The normalized spacial score (nSPS) is 20.5. The van der Waals surface area contributed by atoms with Crippen LogP contribution in [-0.4, -0.2) is 74.8 Å². The number of piperazine rings is 1. The van der Waals surface area contributed by atoms with E-state index in [4.69, 9.17) is 9.47 Å². The fourth-order valence-electron chi connectivity index (χ4n) is 4.54. The maximum atomic E-state index is 12.1. The van der Waals surface area contributed by atoms with Gasteiger partial charge < -0.3 is 24.6 Å². The van der Waals surface area contributed by atoms with Crippen molar-refractivity contribution in [3.8, 4) is 5.75 Å². The molecule has 168 valence electrons. The third-order valence-corrected chi connectivity index (χ3v) is 6.25. The summed E-state index contributed by atoms with van der Waals surface area (Å²) in [6.07, 6.45) is 6.89. The average molecular weight is 436 g/mol. The quantitative estimate of drug-likeness (QED) is 0.658. The number of anilines is 1. The van der Waals surface area contributed by atoms with Gasteiger partial charge in [-0.2, -0.15) is 0 Å². The summed E-state index contributed by atoms with van der Waals surface area (Å²) >= 11 is 0. The highest BCUT2D eigenvalue weighted by atomic mass is 16.5. The number of ether oxygens (including phenoxy) is 2. The summed E-state index contributed by atoms with van der Waals surface area (Å²) < 4.78 is 11.6. The van der Waals surface area contributed by atoms with Crippen molar-refractivity contribution in [3.63, 3.8) is 0 Å². The second kappa shape index (κ2) is 9.08. The molecule has 1 fully saturated rings. The molecule has 8 heteroatoms. The zero-order valence-electron chi connectivity index (χ0n) is 18.4. The first-order valence-electron chi connectivity index (χ1n) is 11.2. The molecule has 5 rings (SSSR count). The zero-order chi connectivity index (χ0) is 21.9. The molecule has 4 aliphatic heterocycles. The number of allylic oxidation sites excluding steroid dienone is 2. The summed E-state index contributed by atoms with van der Waals surface area (Å²) in [6.45, 7) is 6.40. The number of carbonyl (C=O) groups is 1. The molecule has 0 spiro atoms. The molecule has 32 heavy (non-hydrogen) atoms. The highest BCUT2D eigenvalue weighted by molar-refractivity contribution is 6.05. The Hall–Kier alpha value is -3.26. The van der Waals surface area contributed by atoms with Gasteiger partial charge in [0.25, 0.3) is 0 Å². The van der Waals surface area contributed by atoms with E-state index in [0.29, 0.717) is 31.1 Å². The van der Waals surface area contributed by atoms with E-state index in [1.54, 1.807) is 13.3 Å². The van der Waals surface area contributed by atoms with Crippen molar-refractivity contribution in [3.05, 3.63) is 59.5 Å². The van der Waals surface area contributed by atoms with Gasteiger partial charge in [-0.05, 0) is 18.6 Å². The highest BCUT2D eigenvalue weighted by Gasteiger charge is 2.31. The predicted molar refractivity (Wildman–Crippen MR) is 123 cm³/mol. The van der Waals surface area contributed by atoms with Crippen LogP contribution >= 0.6 is 0 Å². The molecule has 0 amide bonds. The lowest BCUT2D eigenvalue weighted by Crippen LogP contribution is -2.46. The van der Waals surface area contributed by atoms with Crippen LogP contribution in [0.4, 0.5) is 5.69 Å². The van der Waals surface area contributed by atoms with Crippen LogP contribution in [0, 0.1) is 0 Å². The van der Waals surface area contributed by atoms with Crippen molar-refractivity contribution < 1.29 is 14.3 Å². The number of carbonyl (C=O) groups excluding carboxylic acids is 1. The number of para-hydroxylation sites is 2. The van der Waals surface area contributed by atoms with Crippen molar-refractivity contribution in [2.24, 2.45) is 4.99 Å². The first-order valence-corrected chi connectivity index (χ1v) is 11.2. The summed E-state index contributed by atoms with van der Waals surface area (Å²) in [6, 6.07) is 8.22. The van der Waals surface area contributed by atoms with Crippen LogP contribution in [0.25, 0.3) is 0 Å². The fourth-order valence-corrected chi connectivity index (χ4v) is 4.54. The van der Waals surface area contributed by atoms with E-state index in [0.717, 1.165) is 56.4 Å². The van der Waals surface area contributed by atoms with E-state index in [1.165, 1.54) is 5.69 Å². The zero-order valence-corrected chi connectivity index (χ0v) is 18.4. The summed E-state index contributed by atoms with van der Waals surface area (Å²) in [5.41, 5.74) is 2.74. The number of nitrogens with zero attached hydrogens (tertiary/aromatic N) is 4. The van der Waals surface area contributed by atoms with Crippen LogP contribution in [0.5, 0.6) is 5.75 Å². The summed E-state index contributed by atoms with van der Waals surface area (Å²) in [5.74, 6) is 2.62. The van der Waals surface area contributed by atoms with Crippen molar-refractivity contribution in [1.29, 1.82) is 0 Å². The van der Waals surface area contributed by atoms with E-state index in [9.17, 15) is 4.79 Å². The van der Waals surface area contributed by atoms with Gasteiger partial charge >= 0.3 is 0 Å². The van der Waals surface area contributed by atoms with Crippen LogP contribution in [-0.2, 0) is 9.53 Å². The summed E-state index contributed by atoms with van der Waals surface area (Å²) in [4.78, 5) is 23.4. The Labute approximate surface area is 188 Å². The number of hydrogen-bond donors (Lipinski definition) is 1. The van der Waals surface area contributed by atoms with Crippen LogP contribution in [0.15, 0.2) is 64.5 Å². The molecule has 4 aliphatic rings. The molecular weight excluding hydrogens is 406 g/mol. The molecule has 0 unspecified atom stereocenters. The minimum Gasteiger partial charge on any atom is -0.496 e. The van der Waals surface area contributed by atoms with Crippen LogP contribution in [0.3, 0.4) is 0 Å². The first kappa shape index (κ1) is 20.6. The Kier molecular flexibility index (Phi) is 5.85. The molecule has 0 aliphatic carbocycles. The Bertz CT molecular complexity index is 1000. The lowest BCUT2D eigenvalue weighted by molar-refractivity contribution is -0.115. The molecule has 0 atom stereocenters. The van der Waals surface area contributed by atoms with E-state index in [1.807, 2.05) is 29.3 Å². The van der Waals surface area contributed by atoms with E-state index in [-0.39, 0.29) is 5.78 Å². The average Bonchev–Trinajstić information content (AvgIpc) is 3.26.